The second-order valence-corrected chi connectivity index (χ2v) is 11.7. The molecule has 3 heterocycles. The van der Waals surface area contributed by atoms with Crippen LogP contribution in [0.5, 0.6) is 0 Å². The second-order valence-electron chi connectivity index (χ2n) is 11.7. The quantitative estimate of drug-likeness (QED) is 0.0909. The minimum atomic E-state index is -0.411. The van der Waals surface area contributed by atoms with Crippen molar-refractivity contribution in [2.45, 2.75) is 38.5 Å². The van der Waals surface area contributed by atoms with Crippen LogP contribution in [0.25, 0.3) is 0 Å². The van der Waals surface area contributed by atoms with Crippen molar-refractivity contribution in [3.05, 3.63) is 0 Å². The third kappa shape index (κ3) is 10.1. The Bertz CT molecular complexity index is 888. The summed E-state index contributed by atoms with van der Waals surface area (Å²) in [6.07, 6.45) is 2.38. The fourth-order valence-electron chi connectivity index (χ4n) is 5.96. The van der Waals surface area contributed by atoms with Crippen molar-refractivity contribution in [2.75, 3.05) is 78.5 Å². The minimum Gasteiger partial charge on any atom is -0.355 e. The molecular formula is C28H49N9O6. The summed E-state index contributed by atoms with van der Waals surface area (Å²) in [5.74, 6) is -1.91. The lowest BCUT2D eigenvalue weighted by molar-refractivity contribution is -0.129. The van der Waals surface area contributed by atoms with Gasteiger partial charge in [-0.3, -0.25) is 28.8 Å². The average molecular weight is 608 g/mol. The number of nitrogens with one attached hydrogen (secondary N) is 3. The van der Waals surface area contributed by atoms with Gasteiger partial charge in [-0.05, 0) is 25.2 Å². The summed E-state index contributed by atoms with van der Waals surface area (Å²) in [7, 11) is 0. The van der Waals surface area contributed by atoms with Crippen molar-refractivity contribution < 1.29 is 28.8 Å². The molecule has 15 nitrogen and oxygen atoms in total. The molecule has 15 heteroatoms. The van der Waals surface area contributed by atoms with Gasteiger partial charge < -0.3 is 47.9 Å². The van der Waals surface area contributed by atoms with Crippen molar-refractivity contribution >= 4 is 35.4 Å². The van der Waals surface area contributed by atoms with Crippen molar-refractivity contribution in [1.29, 1.82) is 0 Å². The topological polar surface area (TPSA) is 226 Å². The molecular weight excluding hydrogens is 558 g/mol. The van der Waals surface area contributed by atoms with E-state index in [1.807, 2.05) is 0 Å². The van der Waals surface area contributed by atoms with E-state index in [4.69, 9.17) is 17.2 Å². The Kier molecular flexibility index (Phi) is 13.6. The first-order valence-electron chi connectivity index (χ1n) is 15.4. The highest BCUT2D eigenvalue weighted by atomic mass is 16.2. The zero-order valence-corrected chi connectivity index (χ0v) is 25.1. The predicted molar refractivity (Wildman–Crippen MR) is 158 cm³/mol. The first kappa shape index (κ1) is 34.2. The molecule has 3 unspecified atom stereocenters. The molecule has 0 saturated carbocycles. The Morgan fingerprint density at radius 2 is 0.860 bits per heavy atom. The van der Waals surface area contributed by atoms with E-state index < -0.39 is 17.8 Å². The lowest BCUT2D eigenvalue weighted by Gasteiger charge is -2.26. The standard InChI is InChI=1S/C28H49N9O6/c29-4-7-32-26(41)20-13-23(38)35(16-20)10-1-19(2-11-36-17-21(14-24(36)39)27(42)33-8-5-30)3-12-37-18-22(15-25(37)40)28(43)34-9-6-31/h19-22H,1-18,29-31H2,(H,32,41)(H,33,42)(H,34,43). The zero-order chi connectivity index (χ0) is 31.4. The molecule has 0 aliphatic carbocycles. The number of carbonyl (C=O) groups is 6. The van der Waals surface area contributed by atoms with Gasteiger partial charge in [-0.2, -0.15) is 0 Å². The number of hydrogen-bond acceptors (Lipinski definition) is 9. The van der Waals surface area contributed by atoms with Gasteiger partial charge in [0.2, 0.25) is 35.4 Å². The molecule has 3 fully saturated rings. The molecule has 242 valence electrons. The van der Waals surface area contributed by atoms with E-state index in [2.05, 4.69) is 16.0 Å². The molecule has 0 bridgehead atoms. The molecule has 0 aromatic heterocycles. The fraction of sp³-hybridized carbons (Fsp3) is 0.786. The van der Waals surface area contributed by atoms with Crippen molar-refractivity contribution in [1.82, 2.24) is 30.7 Å². The number of hydrogen-bond donors (Lipinski definition) is 6. The summed E-state index contributed by atoms with van der Waals surface area (Å²) in [5, 5.41) is 8.25. The van der Waals surface area contributed by atoms with Crippen LogP contribution >= 0.6 is 0 Å². The molecule has 43 heavy (non-hydrogen) atoms. The summed E-state index contributed by atoms with van der Waals surface area (Å²) >= 11 is 0. The SMILES string of the molecule is NCCNC(=O)C1CC(=O)N(CCC(CCN2CC(C(=O)NCCN)CC2=O)CCN2CC(C(=O)NCCN)CC2=O)C1. The van der Waals surface area contributed by atoms with Crippen LogP contribution in [0.15, 0.2) is 0 Å². The number of nitrogens with zero attached hydrogens (tertiary/aromatic N) is 3. The van der Waals surface area contributed by atoms with Crippen LogP contribution in [0, 0.1) is 23.7 Å². The van der Waals surface area contributed by atoms with Gasteiger partial charge in [-0.15, -0.1) is 0 Å². The van der Waals surface area contributed by atoms with E-state index in [1.54, 1.807) is 14.7 Å². The Balaban J connectivity index is 1.57. The highest BCUT2D eigenvalue weighted by Crippen LogP contribution is 2.26. The van der Waals surface area contributed by atoms with Crippen LogP contribution in [0.3, 0.4) is 0 Å². The Morgan fingerprint density at radius 1 is 0.581 bits per heavy atom. The van der Waals surface area contributed by atoms with Crippen LogP contribution in [0.2, 0.25) is 0 Å². The van der Waals surface area contributed by atoms with Gasteiger partial charge in [0, 0.05) is 97.8 Å². The summed E-state index contributed by atoms with van der Waals surface area (Å²) in [5.41, 5.74) is 16.4. The third-order valence-electron chi connectivity index (χ3n) is 8.51. The smallest absolute Gasteiger partial charge is 0.225 e. The first-order chi connectivity index (χ1) is 20.7. The number of carbonyl (C=O) groups excluding carboxylic acids is 6. The number of rotatable bonds is 18. The van der Waals surface area contributed by atoms with Crippen LogP contribution in [-0.4, -0.2) is 129 Å². The van der Waals surface area contributed by atoms with Gasteiger partial charge in [0.1, 0.15) is 0 Å². The maximum atomic E-state index is 12.7. The van der Waals surface area contributed by atoms with Crippen LogP contribution < -0.4 is 33.2 Å². The largest absolute Gasteiger partial charge is 0.355 e. The predicted octanol–water partition coefficient (Wildman–Crippen LogP) is -3.46. The molecule has 9 N–H and O–H groups in total. The molecule has 0 radical (unpaired) electrons. The normalized spacial score (nSPS) is 22.8. The maximum absolute atomic E-state index is 12.7. The molecule has 3 aliphatic rings. The molecule has 3 atom stereocenters. The van der Waals surface area contributed by atoms with Crippen LogP contribution in [0.4, 0.5) is 0 Å². The van der Waals surface area contributed by atoms with E-state index in [0.717, 1.165) is 0 Å². The second kappa shape index (κ2) is 17.1. The fourth-order valence-corrected chi connectivity index (χ4v) is 5.96. The molecule has 6 amide bonds. The Labute approximate surface area is 252 Å². The van der Waals surface area contributed by atoms with Crippen molar-refractivity contribution in [3.8, 4) is 0 Å². The van der Waals surface area contributed by atoms with Crippen LogP contribution in [0.1, 0.15) is 38.5 Å². The maximum Gasteiger partial charge on any atom is 0.225 e. The first-order valence-corrected chi connectivity index (χ1v) is 15.4. The number of amides is 6. The molecule has 0 aromatic carbocycles. The van der Waals surface area contributed by atoms with E-state index in [1.165, 1.54) is 0 Å². The molecule has 3 aliphatic heterocycles. The van der Waals surface area contributed by atoms with E-state index in [-0.39, 0.29) is 60.6 Å². The zero-order valence-electron chi connectivity index (χ0n) is 25.1. The third-order valence-corrected chi connectivity index (χ3v) is 8.51. The van der Waals surface area contributed by atoms with Crippen molar-refractivity contribution in [2.24, 2.45) is 40.9 Å². The van der Waals surface area contributed by atoms with E-state index in [0.29, 0.717) is 97.8 Å². The average Bonchev–Trinajstić information content (AvgIpc) is 3.68. The lowest BCUT2D eigenvalue weighted by atomic mass is 9.96. The molecule has 3 rings (SSSR count). The van der Waals surface area contributed by atoms with Gasteiger partial charge in [0.15, 0.2) is 0 Å². The highest BCUT2D eigenvalue weighted by molar-refractivity contribution is 5.90. The number of likely N-dealkylation sites (tertiary alicyclic amines) is 3. The summed E-state index contributed by atoms with van der Waals surface area (Å²) in [6, 6.07) is 0. The van der Waals surface area contributed by atoms with E-state index in [9.17, 15) is 28.8 Å². The van der Waals surface area contributed by atoms with Gasteiger partial charge in [-0.1, -0.05) is 0 Å². The monoisotopic (exact) mass is 607 g/mol. The summed E-state index contributed by atoms with van der Waals surface area (Å²) in [4.78, 5) is 80.2. The summed E-state index contributed by atoms with van der Waals surface area (Å²) < 4.78 is 0. The van der Waals surface area contributed by atoms with Gasteiger partial charge in [-0.25, -0.2) is 0 Å². The Morgan fingerprint density at radius 3 is 1.12 bits per heavy atom. The van der Waals surface area contributed by atoms with Crippen molar-refractivity contribution in [3.63, 3.8) is 0 Å². The number of nitrogens with two attached hydrogens (primary N) is 3. The van der Waals surface area contributed by atoms with Gasteiger partial charge >= 0.3 is 0 Å². The molecule has 3 saturated heterocycles. The highest BCUT2D eigenvalue weighted by Gasteiger charge is 2.37. The minimum absolute atomic E-state index is 0.0637. The summed E-state index contributed by atoms with van der Waals surface area (Å²) in [6.45, 7) is 4.48. The van der Waals surface area contributed by atoms with Gasteiger partial charge in [0.25, 0.3) is 0 Å². The van der Waals surface area contributed by atoms with E-state index >= 15 is 0 Å². The molecule has 0 spiro atoms. The van der Waals surface area contributed by atoms with Gasteiger partial charge in [0.05, 0.1) is 17.8 Å². The van der Waals surface area contributed by atoms with Crippen LogP contribution in [-0.2, 0) is 28.8 Å². The lowest BCUT2D eigenvalue weighted by Crippen LogP contribution is -2.37. The molecule has 0 aromatic rings. The Hall–Kier alpha value is -3.30.